The van der Waals surface area contributed by atoms with Crippen LogP contribution >= 0.6 is 0 Å². The molecule has 104 valence electrons. The van der Waals surface area contributed by atoms with Crippen LogP contribution in [0.15, 0.2) is 0 Å². The van der Waals surface area contributed by atoms with Gasteiger partial charge in [0.05, 0.1) is 0 Å². The Morgan fingerprint density at radius 1 is 1.39 bits per heavy atom. The molecule has 3 N–H and O–H groups in total. The number of amides is 1. The minimum atomic E-state index is -1.10. The fraction of sp³-hybridized carbons (Fsp3) is 0.846. The van der Waals surface area contributed by atoms with Crippen molar-refractivity contribution in [2.24, 2.45) is 5.92 Å². The minimum absolute atomic E-state index is 0.144. The lowest BCUT2D eigenvalue weighted by Crippen LogP contribution is -2.54. The van der Waals surface area contributed by atoms with Gasteiger partial charge in [0.2, 0.25) is 5.91 Å². The van der Waals surface area contributed by atoms with Gasteiger partial charge in [-0.3, -0.25) is 4.79 Å². The first-order valence-corrected chi connectivity index (χ1v) is 6.79. The Labute approximate surface area is 108 Å². The molecule has 5 heteroatoms. The van der Waals surface area contributed by atoms with Gasteiger partial charge >= 0.3 is 5.97 Å². The van der Waals surface area contributed by atoms with Crippen LogP contribution in [0, 0.1) is 5.92 Å². The summed E-state index contributed by atoms with van der Waals surface area (Å²) in [6.07, 6.45) is 3.37. The number of rotatable bonds is 6. The van der Waals surface area contributed by atoms with E-state index in [0.717, 1.165) is 25.9 Å². The van der Waals surface area contributed by atoms with Crippen LogP contribution in [0.5, 0.6) is 0 Å². The second kappa shape index (κ2) is 6.73. The molecule has 0 radical (unpaired) electrons. The molecule has 5 nitrogen and oxygen atoms in total. The van der Waals surface area contributed by atoms with Gasteiger partial charge in [0, 0.05) is 6.42 Å². The molecule has 0 aromatic rings. The second-order valence-corrected chi connectivity index (χ2v) is 5.06. The van der Waals surface area contributed by atoms with Gasteiger partial charge in [0.15, 0.2) is 0 Å². The zero-order chi connectivity index (χ0) is 13.6. The first-order valence-electron chi connectivity index (χ1n) is 6.79. The maximum Gasteiger partial charge on any atom is 0.329 e. The smallest absolute Gasteiger partial charge is 0.329 e. The normalized spacial score (nSPS) is 20.4. The number of aliphatic carboxylic acids is 1. The van der Waals surface area contributed by atoms with E-state index in [2.05, 4.69) is 10.6 Å². The van der Waals surface area contributed by atoms with Crippen molar-refractivity contribution in [2.75, 3.05) is 13.1 Å². The first-order chi connectivity index (χ1) is 8.54. The van der Waals surface area contributed by atoms with Crippen molar-refractivity contribution < 1.29 is 14.7 Å². The number of hydrogen-bond acceptors (Lipinski definition) is 3. The molecule has 0 spiro atoms. The van der Waals surface area contributed by atoms with Crippen molar-refractivity contribution in [3.63, 3.8) is 0 Å². The number of piperidine rings is 1. The lowest BCUT2D eigenvalue weighted by atomic mass is 9.91. The summed E-state index contributed by atoms with van der Waals surface area (Å²) in [7, 11) is 0. The van der Waals surface area contributed by atoms with Crippen molar-refractivity contribution in [2.45, 2.75) is 51.5 Å². The van der Waals surface area contributed by atoms with Gasteiger partial charge in [0.25, 0.3) is 0 Å². The van der Waals surface area contributed by atoms with Crippen LogP contribution in [0.3, 0.4) is 0 Å². The van der Waals surface area contributed by atoms with E-state index < -0.39 is 11.5 Å². The van der Waals surface area contributed by atoms with Gasteiger partial charge in [0.1, 0.15) is 5.54 Å². The van der Waals surface area contributed by atoms with Crippen LogP contribution in [0.1, 0.15) is 46.0 Å². The lowest BCUT2D eigenvalue weighted by molar-refractivity contribution is -0.148. The Morgan fingerprint density at radius 2 is 2.06 bits per heavy atom. The molecule has 0 aliphatic carbocycles. The Morgan fingerprint density at radius 3 is 2.50 bits per heavy atom. The molecule has 1 atom stereocenters. The predicted octanol–water partition coefficient (Wildman–Crippen LogP) is 1.14. The molecular weight excluding hydrogens is 232 g/mol. The summed E-state index contributed by atoms with van der Waals surface area (Å²) in [5.74, 6) is -0.753. The largest absolute Gasteiger partial charge is 0.480 e. The topological polar surface area (TPSA) is 78.4 Å². The summed E-state index contributed by atoms with van der Waals surface area (Å²) in [6.45, 7) is 5.45. The van der Waals surface area contributed by atoms with Crippen LogP contribution in [-0.4, -0.2) is 35.6 Å². The Balaban J connectivity index is 2.53. The minimum Gasteiger partial charge on any atom is -0.480 e. The Hall–Kier alpha value is -1.10. The Kier molecular flexibility index (Phi) is 5.59. The molecule has 18 heavy (non-hydrogen) atoms. The van der Waals surface area contributed by atoms with Gasteiger partial charge in [-0.05, 0) is 44.7 Å². The van der Waals surface area contributed by atoms with E-state index >= 15 is 0 Å². The zero-order valence-electron chi connectivity index (χ0n) is 11.3. The number of nitrogens with one attached hydrogen (secondary N) is 2. The average Bonchev–Trinajstić information content (AvgIpc) is 2.37. The van der Waals surface area contributed by atoms with Crippen molar-refractivity contribution in [3.05, 3.63) is 0 Å². The van der Waals surface area contributed by atoms with E-state index in [1.54, 1.807) is 13.8 Å². The quantitative estimate of drug-likeness (QED) is 0.666. The van der Waals surface area contributed by atoms with E-state index in [1.807, 2.05) is 0 Å². The lowest BCUT2D eigenvalue weighted by Gasteiger charge is -2.29. The van der Waals surface area contributed by atoms with Gasteiger partial charge in [-0.15, -0.1) is 0 Å². The molecular formula is C13H24N2O3. The molecule has 1 saturated heterocycles. The van der Waals surface area contributed by atoms with Crippen LogP contribution in [0.4, 0.5) is 0 Å². The van der Waals surface area contributed by atoms with E-state index in [1.165, 1.54) is 0 Å². The molecule has 0 bridgehead atoms. The fourth-order valence-corrected chi connectivity index (χ4v) is 2.46. The van der Waals surface area contributed by atoms with Crippen LogP contribution in [0.25, 0.3) is 0 Å². The second-order valence-electron chi connectivity index (χ2n) is 5.06. The summed E-state index contributed by atoms with van der Waals surface area (Å²) in [5.41, 5.74) is -1.10. The molecule has 1 aliphatic rings. The maximum atomic E-state index is 11.9. The zero-order valence-corrected chi connectivity index (χ0v) is 11.3. The van der Waals surface area contributed by atoms with Crippen LogP contribution in [0.2, 0.25) is 0 Å². The monoisotopic (exact) mass is 256 g/mol. The van der Waals surface area contributed by atoms with E-state index in [-0.39, 0.29) is 5.91 Å². The van der Waals surface area contributed by atoms with Crippen molar-refractivity contribution in [1.82, 2.24) is 10.6 Å². The number of carbonyl (C=O) groups is 2. The molecule has 1 amide bonds. The standard InChI is InChI=1S/C13H24N2O3/c1-3-13(4-2,12(17)18)15-11(16)8-10-6-5-7-14-9-10/h10,14H,3-9H2,1-2H3,(H,15,16)(H,17,18). The molecule has 1 unspecified atom stereocenters. The SMILES string of the molecule is CCC(CC)(NC(=O)CC1CCCNC1)C(=O)O. The predicted molar refractivity (Wildman–Crippen MR) is 69.3 cm³/mol. The summed E-state index contributed by atoms with van der Waals surface area (Å²) in [5, 5.41) is 15.2. The van der Waals surface area contributed by atoms with Crippen LogP contribution < -0.4 is 10.6 Å². The molecule has 0 aromatic heterocycles. The van der Waals surface area contributed by atoms with Gasteiger partial charge in [-0.2, -0.15) is 0 Å². The van der Waals surface area contributed by atoms with E-state index in [9.17, 15) is 14.7 Å². The highest BCUT2D eigenvalue weighted by atomic mass is 16.4. The number of carbonyl (C=O) groups excluding carboxylic acids is 1. The number of carboxylic acid groups (broad SMARTS) is 1. The first kappa shape index (κ1) is 15.0. The molecule has 0 saturated carbocycles. The van der Waals surface area contributed by atoms with Gasteiger partial charge in [-0.1, -0.05) is 13.8 Å². The third-order valence-corrected chi connectivity index (χ3v) is 3.87. The third-order valence-electron chi connectivity index (χ3n) is 3.87. The van der Waals surface area contributed by atoms with Crippen LogP contribution in [-0.2, 0) is 9.59 Å². The molecule has 1 rings (SSSR count). The number of hydrogen-bond donors (Lipinski definition) is 3. The Bertz CT molecular complexity index is 295. The van der Waals surface area contributed by atoms with Gasteiger partial charge in [-0.25, -0.2) is 4.79 Å². The highest BCUT2D eigenvalue weighted by molar-refractivity contribution is 5.87. The van der Waals surface area contributed by atoms with Crippen molar-refractivity contribution >= 4 is 11.9 Å². The van der Waals surface area contributed by atoms with Gasteiger partial charge < -0.3 is 15.7 Å². The maximum absolute atomic E-state index is 11.9. The molecule has 1 fully saturated rings. The summed E-state index contributed by atoms with van der Waals surface area (Å²) in [6, 6.07) is 0. The summed E-state index contributed by atoms with van der Waals surface area (Å²) in [4.78, 5) is 23.2. The fourth-order valence-electron chi connectivity index (χ4n) is 2.46. The highest BCUT2D eigenvalue weighted by Crippen LogP contribution is 2.18. The number of carboxylic acids is 1. The molecule has 0 aromatic carbocycles. The summed E-state index contributed by atoms with van der Waals surface area (Å²) < 4.78 is 0. The summed E-state index contributed by atoms with van der Waals surface area (Å²) >= 11 is 0. The van der Waals surface area contributed by atoms with Crippen molar-refractivity contribution in [1.29, 1.82) is 0 Å². The van der Waals surface area contributed by atoms with E-state index in [0.29, 0.717) is 25.2 Å². The van der Waals surface area contributed by atoms with E-state index in [4.69, 9.17) is 0 Å². The molecule has 1 heterocycles. The third kappa shape index (κ3) is 3.70. The highest BCUT2D eigenvalue weighted by Gasteiger charge is 2.36. The van der Waals surface area contributed by atoms with Crippen molar-refractivity contribution in [3.8, 4) is 0 Å². The molecule has 1 aliphatic heterocycles. The average molecular weight is 256 g/mol.